The number of aromatic nitrogens is 2. The Bertz CT molecular complexity index is 932. The Morgan fingerprint density at radius 2 is 1.92 bits per heavy atom. The Labute approximate surface area is 156 Å². The van der Waals surface area contributed by atoms with Crippen molar-refractivity contribution in [1.82, 2.24) is 9.78 Å². The summed E-state index contributed by atoms with van der Waals surface area (Å²) < 4.78 is 2.27. The minimum absolute atomic E-state index is 0.122. The van der Waals surface area contributed by atoms with Gasteiger partial charge in [0.25, 0.3) is 5.56 Å². The summed E-state index contributed by atoms with van der Waals surface area (Å²) in [7, 11) is 0. The molecular weight excluding hydrogens is 437 g/mol. The number of amides is 1. The molecule has 0 saturated carbocycles. The van der Waals surface area contributed by atoms with Gasteiger partial charge >= 0.3 is 0 Å². The lowest BCUT2D eigenvalue weighted by atomic mass is 10.3. The zero-order valence-corrected chi connectivity index (χ0v) is 15.8. The van der Waals surface area contributed by atoms with Crippen LogP contribution in [0.4, 0.5) is 5.69 Å². The summed E-state index contributed by atoms with van der Waals surface area (Å²) in [5, 5.41) is 7.07. The number of rotatable bonds is 4. The molecule has 3 rings (SSSR count). The number of carbonyl (C=O) groups excluding carboxylic acids is 1. The van der Waals surface area contributed by atoms with Crippen LogP contribution in [0.15, 0.2) is 53.3 Å². The quantitative estimate of drug-likeness (QED) is 0.618. The van der Waals surface area contributed by atoms with E-state index in [0.29, 0.717) is 11.4 Å². The molecule has 5 nitrogen and oxygen atoms in total. The number of halogens is 1. The summed E-state index contributed by atoms with van der Waals surface area (Å²) in [5.41, 5.74) is 1.08. The number of benzene rings is 1. The molecule has 0 saturated heterocycles. The fraction of sp³-hybridized carbons (Fsp3) is 0.118. The molecule has 1 N–H and O–H groups in total. The largest absolute Gasteiger partial charge is 0.324 e. The maximum atomic E-state index is 12.2. The number of carbonyl (C=O) groups is 1. The Morgan fingerprint density at radius 1 is 1.17 bits per heavy atom. The summed E-state index contributed by atoms with van der Waals surface area (Å²) in [5.74, 6) is -0.287. The van der Waals surface area contributed by atoms with Crippen molar-refractivity contribution in [3.05, 3.63) is 67.3 Å². The van der Waals surface area contributed by atoms with Gasteiger partial charge in [-0.2, -0.15) is 5.10 Å². The zero-order valence-electron chi connectivity index (χ0n) is 12.8. The molecule has 122 valence electrons. The van der Waals surface area contributed by atoms with Gasteiger partial charge in [0.05, 0.1) is 4.88 Å². The molecular formula is C17H14IN3O2S. The molecule has 0 aliphatic carbocycles. The SMILES string of the molecule is Cc1ccc(-c2ccc(=O)n(CC(=O)Nc3ccc(I)cc3)n2)s1. The van der Waals surface area contributed by atoms with E-state index in [9.17, 15) is 9.59 Å². The maximum Gasteiger partial charge on any atom is 0.267 e. The number of aryl methyl sites for hydroxylation is 1. The first-order chi connectivity index (χ1) is 11.5. The van der Waals surface area contributed by atoms with Crippen LogP contribution in [0, 0.1) is 10.5 Å². The smallest absolute Gasteiger partial charge is 0.267 e. The van der Waals surface area contributed by atoms with Gasteiger partial charge in [-0.25, -0.2) is 4.68 Å². The zero-order chi connectivity index (χ0) is 17.1. The number of nitrogens with zero attached hydrogens (tertiary/aromatic N) is 2. The van der Waals surface area contributed by atoms with Gasteiger partial charge in [0.2, 0.25) is 5.91 Å². The lowest BCUT2D eigenvalue weighted by molar-refractivity contribution is -0.117. The molecule has 0 aliphatic rings. The third-order valence-corrected chi connectivity index (χ3v) is 5.02. The van der Waals surface area contributed by atoms with Gasteiger partial charge < -0.3 is 5.32 Å². The summed E-state index contributed by atoms with van der Waals surface area (Å²) in [4.78, 5) is 26.3. The number of anilines is 1. The molecule has 1 aromatic carbocycles. The van der Waals surface area contributed by atoms with Crippen molar-refractivity contribution < 1.29 is 4.79 Å². The average Bonchev–Trinajstić information content (AvgIpc) is 2.98. The van der Waals surface area contributed by atoms with Crippen LogP contribution in [0.25, 0.3) is 10.6 Å². The minimum Gasteiger partial charge on any atom is -0.324 e. The van der Waals surface area contributed by atoms with Gasteiger partial charge in [-0.3, -0.25) is 9.59 Å². The van der Waals surface area contributed by atoms with Crippen molar-refractivity contribution in [2.45, 2.75) is 13.5 Å². The van der Waals surface area contributed by atoms with Crippen LogP contribution in [0.1, 0.15) is 4.88 Å². The summed E-state index contributed by atoms with van der Waals surface area (Å²) >= 11 is 3.80. The average molecular weight is 451 g/mol. The number of thiophene rings is 1. The van der Waals surface area contributed by atoms with Crippen LogP contribution in [0.5, 0.6) is 0 Å². The van der Waals surface area contributed by atoms with Gasteiger partial charge in [-0.1, -0.05) is 0 Å². The highest BCUT2D eigenvalue weighted by molar-refractivity contribution is 14.1. The molecule has 0 aliphatic heterocycles. The Kier molecular flexibility index (Phi) is 5.10. The molecule has 2 heterocycles. The molecule has 2 aromatic heterocycles. The van der Waals surface area contributed by atoms with Gasteiger partial charge in [0.1, 0.15) is 12.2 Å². The monoisotopic (exact) mass is 451 g/mol. The molecule has 7 heteroatoms. The molecule has 24 heavy (non-hydrogen) atoms. The summed E-state index contributed by atoms with van der Waals surface area (Å²) in [6.45, 7) is 1.89. The van der Waals surface area contributed by atoms with Crippen molar-refractivity contribution >= 4 is 45.5 Å². The molecule has 0 spiro atoms. The summed E-state index contributed by atoms with van der Waals surface area (Å²) in [6.07, 6.45) is 0. The Morgan fingerprint density at radius 3 is 2.58 bits per heavy atom. The van der Waals surface area contributed by atoms with Gasteiger partial charge in [-0.05, 0) is 72.0 Å². The predicted octanol–water partition coefficient (Wildman–Crippen LogP) is 3.52. The van der Waals surface area contributed by atoms with E-state index in [-0.39, 0.29) is 18.0 Å². The molecule has 1 amide bonds. The highest BCUT2D eigenvalue weighted by atomic mass is 127. The third-order valence-electron chi connectivity index (χ3n) is 3.28. The first-order valence-electron chi connectivity index (χ1n) is 7.22. The van der Waals surface area contributed by atoms with Crippen molar-refractivity contribution in [3.63, 3.8) is 0 Å². The fourth-order valence-electron chi connectivity index (χ4n) is 2.14. The van der Waals surface area contributed by atoms with Crippen LogP contribution >= 0.6 is 33.9 Å². The van der Waals surface area contributed by atoms with Crippen molar-refractivity contribution in [2.75, 3.05) is 5.32 Å². The van der Waals surface area contributed by atoms with E-state index < -0.39 is 0 Å². The molecule has 0 bridgehead atoms. The Hall–Kier alpha value is -2.00. The first kappa shape index (κ1) is 16.8. The second-order valence-electron chi connectivity index (χ2n) is 5.18. The number of nitrogens with one attached hydrogen (secondary N) is 1. The third kappa shape index (κ3) is 4.09. The second-order valence-corrected chi connectivity index (χ2v) is 7.71. The molecule has 0 atom stereocenters. The molecule has 0 unspecified atom stereocenters. The summed E-state index contributed by atoms with van der Waals surface area (Å²) in [6, 6.07) is 14.5. The fourth-order valence-corrected chi connectivity index (χ4v) is 3.33. The van der Waals surface area contributed by atoms with E-state index in [1.54, 1.807) is 17.4 Å². The molecule has 0 fully saturated rings. The second kappa shape index (κ2) is 7.27. The Balaban J connectivity index is 1.77. The number of hydrogen-bond donors (Lipinski definition) is 1. The van der Waals surface area contributed by atoms with Gasteiger partial charge in [0, 0.05) is 20.2 Å². The van der Waals surface area contributed by atoms with Gasteiger partial charge in [-0.15, -0.1) is 11.3 Å². The van der Waals surface area contributed by atoms with E-state index in [4.69, 9.17) is 0 Å². The van der Waals surface area contributed by atoms with E-state index in [1.807, 2.05) is 43.3 Å². The van der Waals surface area contributed by atoms with E-state index >= 15 is 0 Å². The predicted molar refractivity (Wildman–Crippen MR) is 104 cm³/mol. The van der Waals surface area contributed by atoms with E-state index in [2.05, 4.69) is 33.0 Å². The van der Waals surface area contributed by atoms with Crippen molar-refractivity contribution in [3.8, 4) is 10.6 Å². The van der Waals surface area contributed by atoms with Gasteiger partial charge in [0.15, 0.2) is 0 Å². The van der Waals surface area contributed by atoms with Crippen LogP contribution in [-0.2, 0) is 11.3 Å². The topological polar surface area (TPSA) is 64.0 Å². The van der Waals surface area contributed by atoms with Crippen molar-refractivity contribution in [2.24, 2.45) is 0 Å². The lowest BCUT2D eigenvalue weighted by Crippen LogP contribution is -2.29. The first-order valence-corrected chi connectivity index (χ1v) is 9.11. The standard InChI is InChI=1S/C17H14IN3O2S/c1-11-2-8-15(24-11)14-7-9-17(23)21(20-14)10-16(22)19-13-5-3-12(18)4-6-13/h2-9H,10H2,1H3,(H,19,22). The van der Waals surface area contributed by atoms with Crippen molar-refractivity contribution in [1.29, 1.82) is 0 Å². The van der Waals surface area contributed by atoms with E-state index in [0.717, 1.165) is 8.45 Å². The maximum absolute atomic E-state index is 12.2. The normalized spacial score (nSPS) is 10.6. The highest BCUT2D eigenvalue weighted by Crippen LogP contribution is 2.24. The van der Waals surface area contributed by atoms with Crippen LogP contribution in [0.3, 0.4) is 0 Å². The van der Waals surface area contributed by atoms with E-state index in [1.165, 1.54) is 15.6 Å². The number of hydrogen-bond acceptors (Lipinski definition) is 4. The van der Waals surface area contributed by atoms with Crippen LogP contribution in [-0.4, -0.2) is 15.7 Å². The minimum atomic E-state index is -0.301. The lowest BCUT2D eigenvalue weighted by Gasteiger charge is -2.08. The highest BCUT2D eigenvalue weighted by Gasteiger charge is 2.09. The van der Waals surface area contributed by atoms with Crippen LogP contribution < -0.4 is 10.9 Å². The molecule has 3 aromatic rings. The molecule has 0 radical (unpaired) electrons. The van der Waals surface area contributed by atoms with Crippen LogP contribution in [0.2, 0.25) is 0 Å².